The Morgan fingerprint density at radius 2 is 1.90 bits per heavy atom. The number of aliphatic imine (C=N–C) groups is 1. The summed E-state index contributed by atoms with van der Waals surface area (Å²) in [7, 11) is 0. The number of hydrogen-bond acceptors (Lipinski definition) is 4. The SMILES string of the molecule is CCNC(=NCc1ccc(CN2CCC(C)CC2)cc1)NCCCOC1CCOC1. The zero-order chi connectivity index (χ0) is 21.0. The van der Waals surface area contributed by atoms with Gasteiger partial charge in [-0.15, -0.1) is 0 Å². The first-order valence-corrected chi connectivity index (χ1v) is 11.7. The lowest BCUT2D eigenvalue weighted by Crippen LogP contribution is -2.38. The Morgan fingerprint density at radius 1 is 1.13 bits per heavy atom. The van der Waals surface area contributed by atoms with E-state index in [1.54, 1.807) is 0 Å². The second-order valence-corrected chi connectivity index (χ2v) is 8.61. The Kier molecular flexibility index (Phi) is 9.93. The number of benzene rings is 1. The van der Waals surface area contributed by atoms with Crippen LogP contribution in [0.25, 0.3) is 0 Å². The Hall–Kier alpha value is -1.63. The van der Waals surface area contributed by atoms with Gasteiger partial charge >= 0.3 is 0 Å². The molecule has 168 valence electrons. The van der Waals surface area contributed by atoms with Gasteiger partial charge in [-0.1, -0.05) is 31.2 Å². The Labute approximate surface area is 182 Å². The molecule has 1 atom stereocenters. The van der Waals surface area contributed by atoms with E-state index in [2.05, 4.69) is 53.6 Å². The number of rotatable bonds is 10. The van der Waals surface area contributed by atoms with Gasteiger partial charge in [0.25, 0.3) is 0 Å². The fourth-order valence-electron chi connectivity index (χ4n) is 3.91. The minimum Gasteiger partial charge on any atom is -0.379 e. The molecule has 0 radical (unpaired) electrons. The normalized spacial score (nSPS) is 21.1. The van der Waals surface area contributed by atoms with E-state index in [9.17, 15) is 0 Å². The van der Waals surface area contributed by atoms with Crippen LogP contribution in [-0.4, -0.2) is 63.0 Å². The van der Waals surface area contributed by atoms with Crippen molar-refractivity contribution in [2.45, 2.75) is 58.7 Å². The number of ether oxygens (including phenoxy) is 2. The van der Waals surface area contributed by atoms with Gasteiger partial charge in [-0.2, -0.15) is 0 Å². The highest BCUT2D eigenvalue weighted by molar-refractivity contribution is 5.79. The molecule has 2 N–H and O–H groups in total. The summed E-state index contributed by atoms with van der Waals surface area (Å²) in [6.07, 6.45) is 4.93. The fraction of sp³-hybridized carbons (Fsp3) is 0.708. The van der Waals surface area contributed by atoms with Gasteiger partial charge in [0.15, 0.2) is 5.96 Å². The lowest BCUT2D eigenvalue weighted by Gasteiger charge is -2.30. The molecule has 1 aromatic rings. The molecule has 2 aliphatic heterocycles. The molecule has 6 heteroatoms. The van der Waals surface area contributed by atoms with Crippen molar-refractivity contribution in [1.82, 2.24) is 15.5 Å². The van der Waals surface area contributed by atoms with Crippen molar-refractivity contribution in [2.75, 3.05) is 46.0 Å². The maximum atomic E-state index is 5.82. The first-order valence-electron chi connectivity index (χ1n) is 11.7. The minimum atomic E-state index is 0.286. The monoisotopic (exact) mass is 416 g/mol. The van der Waals surface area contributed by atoms with E-state index in [-0.39, 0.29) is 6.10 Å². The van der Waals surface area contributed by atoms with Crippen LogP contribution in [0.5, 0.6) is 0 Å². The highest BCUT2D eigenvalue weighted by Crippen LogP contribution is 2.18. The van der Waals surface area contributed by atoms with Crippen molar-refractivity contribution < 1.29 is 9.47 Å². The number of nitrogens with zero attached hydrogens (tertiary/aromatic N) is 2. The molecule has 2 aliphatic rings. The summed E-state index contributed by atoms with van der Waals surface area (Å²) < 4.78 is 11.2. The highest BCUT2D eigenvalue weighted by Gasteiger charge is 2.16. The van der Waals surface area contributed by atoms with Gasteiger partial charge in [0.1, 0.15) is 0 Å². The largest absolute Gasteiger partial charge is 0.379 e. The van der Waals surface area contributed by atoms with Gasteiger partial charge in [0.2, 0.25) is 0 Å². The van der Waals surface area contributed by atoms with E-state index in [0.717, 1.165) is 64.2 Å². The van der Waals surface area contributed by atoms with Gasteiger partial charge in [-0.05, 0) is 62.7 Å². The molecule has 0 aromatic heterocycles. The molecule has 1 aromatic carbocycles. The summed E-state index contributed by atoms with van der Waals surface area (Å²) in [5.41, 5.74) is 2.64. The molecule has 0 amide bonds. The van der Waals surface area contributed by atoms with E-state index in [0.29, 0.717) is 6.54 Å². The number of piperidine rings is 1. The predicted molar refractivity (Wildman–Crippen MR) is 123 cm³/mol. The van der Waals surface area contributed by atoms with Crippen LogP contribution in [0.1, 0.15) is 50.7 Å². The standard InChI is InChI=1S/C24H40N4O2/c1-3-25-24(26-12-4-15-30-23-11-16-29-19-23)27-17-21-5-7-22(8-6-21)18-28-13-9-20(2)10-14-28/h5-8,20,23H,3-4,9-19H2,1-2H3,(H2,25,26,27). The highest BCUT2D eigenvalue weighted by atomic mass is 16.5. The topological polar surface area (TPSA) is 58.1 Å². The van der Waals surface area contributed by atoms with Crippen LogP contribution in [0.4, 0.5) is 0 Å². The van der Waals surface area contributed by atoms with Crippen LogP contribution >= 0.6 is 0 Å². The van der Waals surface area contributed by atoms with Crippen molar-refractivity contribution in [3.05, 3.63) is 35.4 Å². The number of likely N-dealkylation sites (tertiary alicyclic amines) is 1. The first kappa shape index (κ1) is 23.0. The van der Waals surface area contributed by atoms with Gasteiger partial charge in [0, 0.05) is 32.8 Å². The Balaban J connectivity index is 1.37. The van der Waals surface area contributed by atoms with E-state index in [1.807, 2.05) is 0 Å². The van der Waals surface area contributed by atoms with Crippen LogP contribution in [0, 0.1) is 5.92 Å². The number of nitrogens with one attached hydrogen (secondary N) is 2. The Morgan fingerprint density at radius 3 is 2.60 bits per heavy atom. The van der Waals surface area contributed by atoms with E-state index < -0.39 is 0 Å². The molecule has 2 saturated heterocycles. The lowest BCUT2D eigenvalue weighted by molar-refractivity contribution is 0.0420. The maximum absolute atomic E-state index is 5.82. The summed E-state index contributed by atoms with van der Waals surface area (Å²) in [4.78, 5) is 7.31. The minimum absolute atomic E-state index is 0.286. The van der Waals surface area contributed by atoms with Crippen molar-refractivity contribution in [1.29, 1.82) is 0 Å². The molecule has 6 nitrogen and oxygen atoms in total. The summed E-state index contributed by atoms with van der Waals surface area (Å²) in [5, 5.41) is 6.73. The third kappa shape index (κ3) is 8.25. The number of hydrogen-bond donors (Lipinski definition) is 2. The second-order valence-electron chi connectivity index (χ2n) is 8.61. The number of guanidine groups is 1. The molecule has 0 bridgehead atoms. The molecule has 2 heterocycles. The fourth-order valence-corrected chi connectivity index (χ4v) is 3.91. The smallest absolute Gasteiger partial charge is 0.191 e. The van der Waals surface area contributed by atoms with Crippen molar-refractivity contribution in [2.24, 2.45) is 10.9 Å². The molecule has 0 saturated carbocycles. The Bertz CT molecular complexity index is 621. The molecule has 2 fully saturated rings. The van der Waals surface area contributed by atoms with Gasteiger partial charge < -0.3 is 20.1 Å². The maximum Gasteiger partial charge on any atom is 0.191 e. The van der Waals surface area contributed by atoms with Crippen LogP contribution in [0.15, 0.2) is 29.3 Å². The summed E-state index contributed by atoms with van der Waals surface area (Å²) >= 11 is 0. The van der Waals surface area contributed by atoms with E-state index in [4.69, 9.17) is 14.5 Å². The third-order valence-corrected chi connectivity index (χ3v) is 5.92. The van der Waals surface area contributed by atoms with Gasteiger partial charge in [-0.3, -0.25) is 4.90 Å². The van der Waals surface area contributed by atoms with Crippen LogP contribution in [-0.2, 0) is 22.6 Å². The first-order chi connectivity index (χ1) is 14.7. The zero-order valence-electron chi connectivity index (χ0n) is 18.9. The van der Waals surface area contributed by atoms with E-state index >= 15 is 0 Å². The van der Waals surface area contributed by atoms with Crippen LogP contribution in [0.2, 0.25) is 0 Å². The second kappa shape index (κ2) is 12.9. The van der Waals surface area contributed by atoms with Crippen LogP contribution in [0.3, 0.4) is 0 Å². The van der Waals surface area contributed by atoms with Gasteiger partial charge in [0.05, 0.1) is 19.3 Å². The molecule has 0 aliphatic carbocycles. The molecular formula is C24H40N4O2. The summed E-state index contributed by atoms with van der Waals surface area (Å²) in [6, 6.07) is 8.94. The van der Waals surface area contributed by atoms with E-state index in [1.165, 1.54) is 37.1 Å². The van der Waals surface area contributed by atoms with Crippen molar-refractivity contribution in [3.8, 4) is 0 Å². The summed E-state index contributed by atoms with van der Waals surface area (Å²) in [5.74, 6) is 1.75. The molecule has 1 unspecified atom stereocenters. The molecule has 3 rings (SSSR count). The average molecular weight is 417 g/mol. The predicted octanol–water partition coefficient (Wildman–Crippen LogP) is 3.17. The quantitative estimate of drug-likeness (QED) is 0.349. The lowest BCUT2D eigenvalue weighted by atomic mass is 9.99. The molecule has 30 heavy (non-hydrogen) atoms. The zero-order valence-corrected chi connectivity index (χ0v) is 18.9. The summed E-state index contributed by atoms with van der Waals surface area (Å²) in [6.45, 7) is 12.7. The van der Waals surface area contributed by atoms with Crippen molar-refractivity contribution in [3.63, 3.8) is 0 Å². The molecule has 0 spiro atoms. The van der Waals surface area contributed by atoms with Crippen LogP contribution < -0.4 is 10.6 Å². The third-order valence-electron chi connectivity index (χ3n) is 5.92. The van der Waals surface area contributed by atoms with Gasteiger partial charge in [-0.25, -0.2) is 4.99 Å². The van der Waals surface area contributed by atoms with Crippen molar-refractivity contribution >= 4 is 5.96 Å². The molecular weight excluding hydrogens is 376 g/mol. The average Bonchev–Trinajstić information content (AvgIpc) is 3.28.